The summed E-state index contributed by atoms with van der Waals surface area (Å²) in [6.07, 6.45) is 2.07. The summed E-state index contributed by atoms with van der Waals surface area (Å²) in [6.45, 7) is 5.41. The van der Waals surface area contributed by atoms with E-state index in [-0.39, 0.29) is 41.8 Å². The van der Waals surface area contributed by atoms with Gasteiger partial charge in [-0.05, 0) is 43.4 Å². The maximum atomic E-state index is 13.7. The van der Waals surface area contributed by atoms with Crippen molar-refractivity contribution in [3.63, 3.8) is 0 Å². The summed E-state index contributed by atoms with van der Waals surface area (Å²) in [5.41, 5.74) is 1.46. The number of guanidine groups is 1. The van der Waals surface area contributed by atoms with Gasteiger partial charge in [-0.1, -0.05) is 12.1 Å². The molecule has 1 aromatic rings. The molecule has 2 rings (SSSR count). The molecule has 1 aliphatic rings. The molecule has 2 atom stereocenters. The van der Waals surface area contributed by atoms with Crippen LogP contribution in [0.15, 0.2) is 23.2 Å². The van der Waals surface area contributed by atoms with Gasteiger partial charge in [0.15, 0.2) is 5.96 Å². The molecule has 2 N–H and O–H groups in total. The molecule has 26 heavy (non-hydrogen) atoms. The van der Waals surface area contributed by atoms with Gasteiger partial charge in [0.25, 0.3) is 0 Å². The molecule has 1 aromatic carbocycles. The summed E-state index contributed by atoms with van der Waals surface area (Å²) in [4.78, 5) is 4.19. The molecular weight excluding hydrogens is 470 g/mol. The van der Waals surface area contributed by atoms with E-state index in [2.05, 4.69) is 15.6 Å². The number of halogens is 2. The van der Waals surface area contributed by atoms with Crippen molar-refractivity contribution in [1.29, 1.82) is 0 Å². The maximum absolute atomic E-state index is 13.7. The molecule has 1 heterocycles. The van der Waals surface area contributed by atoms with Crippen molar-refractivity contribution < 1.29 is 12.8 Å². The van der Waals surface area contributed by atoms with Crippen LogP contribution < -0.4 is 10.6 Å². The smallest absolute Gasteiger partial charge is 0.211 e. The molecule has 1 aliphatic heterocycles. The van der Waals surface area contributed by atoms with Gasteiger partial charge in [-0.15, -0.1) is 24.0 Å². The van der Waals surface area contributed by atoms with E-state index < -0.39 is 10.0 Å². The van der Waals surface area contributed by atoms with Crippen LogP contribution in [0.2, 0.25) is 0 Å². The van der Waals surface area contributed by atoms with Crippen LogP contribution in [0.3, 0.4) is 0 Å². The first kappa shape index (κ1) is 23.1. The molecule has 9 heteroatoms. The minimum atomic E-state index is -3.12. The number of aliphatic imine (C=N–C) groups is 1. The van der Waals surface area contributed by atoms with Crippen LogP contribution in [-0.4, -0.2) is 51.6 Å². The van der Waals surface area contributed by atoms with Crippen molar-refractivity contribution in [3.8, 4) is 0 Å². The highest BCUT2D eigenvalue weighted by atomic mass is 127. The van der Waals surface area contributed by atoms with E-state index in [0.717, 1.165) is 12.0 Å². The van der Waals surface area contributed by atoms with Crippen LogP contribution in [0.25, 0.3) is 0 Å². The topological polar surface area (TPSA) is 73.8 Å². The van der Waals surface area contributed by atoms with E-state index in [0.29, 0.717) is 31.2 Å². The monoisotopic (exact) mass is 498 g/mol. The summed E-state index contributed by atoms with van der Waals surface area (Å²) in [7, 11) is -1.44. The van der Waals surface area contributed by atoms with Gasteiger partial charge in [0.1, 0.15) is 5.82 Å². The number of hydrogen-bond donors (Lipinski definition) is 2. The lowest BCUT2D eigenvalue weighted by Gasteiger charge is -2.20. The number of nitrogens with zero attached hydrogens (tertiary/aromatic N) is 2. The molecule has 0 aromatic heterocycles. The van der Waals surface area contributed by atoms with Gasteiger partial charge in [0.2, 0.25) is 10.0 Å². The van der Waals surface area contributed by atoms with Crippen molar-refractivity contribution in [1.82, 2.24) is 14.9 Å². The highest BCUT2D eigenvalue weighted by molar-refractivity contribution is 14.0. The largest absolute Gasteiger partial charge is 0.356 e. The summed E-state index contributed by atoms with van der Waals surface area (Å²) >= 11 is 0. The second-order valence-corrected chi connectivity index (χ2v) is 8.59. The third-order valence-corrected chi connectivity index (χ3v) is 5.82. The predicted octanol–water partition coefficient (Wildman–Crippen LogP) is 2.26. The van der Waals surface area contributed by atoms with E-state index in [1.807, 2.05) is 13.0 Å². The second kappa shape index (κ2) is 9.84. The molecule has 2 unspecified atom stereocenters. The Labute approximate surface area is 172 Å². The van der Waals surface area contributed by atoms with Gasteiger partial charge < -0.3 is 10.6 Å². The minimum absolute atomic E-state index is 0. The lowest BCUT2D eigenvalue weighted by molar-refractivity contribution is 0.458. The first-order valence-corrected chi connectivity index (χ1v) is 10.2. The fourth-order valence-electron chi connectivity index (χ4n) is 2.87. The standard InChI is InChI=1S/C17H27FN4O2S.HI/c1-12-5-6-15(9-16(12)18)13(2)21-17(19-3)20-10-14-7-8-22(11-14)25(4,23)24;/h5-6,9,13-14H,7-8,10-11H2,1-4H3,(H2,19,20,21);1H. The Balaban J connectivity index is 0.00000338. The fourth-order valence-corrected chi connectivity index (χ4v) is 3.79. The molecule has 0 amide bonds. The van der Waals surface area contributed by atoms with Crippen molar-refractivity contribution in [3.05, 3.63) is 35.1 Å². The molecule has 1 saturated heterocycles. The molecule has 6 nitrogen and oxygen atoms in total. The maximum Gasteiger partial charge on any atom is 0.211 e. The van der Waals surface area contributed by atoms with Crippen molar-refractivity contribution in [2.45, 2.75) is 26.3 Å². The second-order valence-electron chi connectivity index (χ2n) is 6.60. The highest BCUT2D eigenvalue weighted by Gasteiger charge is 2.28. The van der Waals surface area contributed by atoms with Crippen LogP contribution in [0.5, 0.6) is 0 Å². The number of rotatable bonds is 5. The van der Waals surface area contributed by atoms with Gasteiger partial charge in [-0.3, -0.25) is 4.99 Å². The van der Waals surface area contributed by atoms with Gasteiger partial charge >= 0.3 is 0 Å². The average Bonchev–Trinajstić information content (AvgIpc) is 3.03. The minimum Gasteiger partial charge on any atom is -0.356 e. The third kappa shape index (κ3) is 6.34. The zero-order valence-corrected chi connectivity index (χ0v) is 18.8. The number of sulfonamides is 1. The number of aryl methyl sites for hydroxylation is 1. The summed E-state index contributed by atoms with van der Waals surface area (Å²) < 4.78 is 38.4. The predicted molar refractivity (Wildman–Crippen MR) is 114 cm³/mol. The lowest BCUT2D eigenvalue weighted by atomic mass is 10.1. The molecule has 148 valence electrons. The van der Waals surface area contributed by atoms with Gasteiger partial charge in [-0.2, -0.15) is 0 Å². The van der Waals surface area contributed by atoms with Crippen LogP contribution in [0.4, 0.5) is 4.39 Å². The molecule has 0 bridgehead atoms. The van der Waals surface area contributed by atoms with Gasteiger partial charge in [0, 0.05) is 26.7 Å². The summed E-state index contributed by atoms with van der Waals surface area (Å²) in [6, 6.07) is 5.08. The Morgan fingerprint density at radius 2 is 2.15 bits per heavy atom. The molecule has 1 fully saturated rings. The Bertz CT molecular complexity index is 742. The Morgan fingerprint density at radius 3 is 2.69 bits per heavy atom. The molecule has 0 spiro atoms. The Kier molecular flexibility index (Phi) is 8.74. The van der Waals surface area contributed by atoms with E-state index >= 15 is 0 Å². The van der Waals surface area contributed by atoms with Crippen LogP contribution in [0.1, 0.15) is 30.5 Å². The zero-order chi connectivity index (χ0) is 18.6. The number of benzene rings is 1. The van der Waals surface area contributed by atoms with Crippen molar-refractivity contribution >= 4 is 40.0 Å². The third-order valence-electron chi connectivity index (χ3n) is 4.55. The van der Waals surface area contributed by atoms with Gasteiger partial charge in [0.05, 0.1) is 12.3 Å². The van der Waals surface area contributed by atoms with Crippen LogP contribution in [0, 0.1) is 18.7 Å². The quantitative estimate of drug-likeness (QED) is 0.371. The van der Waals surface area contributed by atoms with Crippen molar-refractivity contribution in [2.24, 2.45) is 10.9 Å². The first-order valence-electron chi connectivity index (χ1n) is 8.39. The first-order chi connectivity index (χ1) is 11.7. The molecule has 0 radical (unpaired) electrons. The van der Waals surface area contributed by atoms with E-state index in [4.69, 9.17) is 0 Å². The van der Waals surface area contributed by atoms with Crippen molar-refractivity contribution in [2.75, 3.05) is 32.9 Å². The zero-order valence-electron chi connectivity index (χ0n) is 15.6. The fraction of sp³-hybridized carbons (Fsp3) is 0.588. The average molecular weight is 498 g/mol. The van der Waals surface area contributed by atoms with Gasteiger partial charge in [-0.25, -0.2) is 17.1 Å². The molecule has 0 saturated carbocycles. The Morgan fingerprint density at radius 1 is 1.46 bits per heavy atom. The number of hydrogen-bond acceptors (Lipinski definition) is 3. The van der Waals surface area contributed by atoms with E-state index in [9.17, 15) is 12.8 Å². The van der Waals surface area contributed by atoms with Crippen LogP contribution in [-0.2, 0) is 10.0 Å². The number of nitrogens with one attached hydrogen (secondary N) is 2. The molecular formula is C17H28FIN4O2S. The molecule has 0 aliphatic carbocycles. The lowest BCUT2D eigenvalue weighted by Crippen LogP contribution is -2.41. The summed E-state index contributed by atoms with van der Waals surface area (Å²) in [5.74, 6) is 0.646. The highest BCUT2D eigenvalue weighted by Crippen LogP contribution is 2.18. The van der Waals surface area contributed by atoms with Crippen LogP contribution >= 0.6 is 24.0 Å². The Hall–Kier alpha value is -0.940. The summed E-state index contributed by atoms with van der Waals surface area (Å²) in [5, 5.41) is 6.47. The SMILES string of the molecule is CN=C(NCC1CCN(S(C)(=O)=O)C1)NC(C)c1ccc(C)c(F)c1.I. The normalized spacial score (nSPS) is 19.7. The van der Waals surface area contributed by atoms with E-state index in [1.165, 1.54) is 16.6 Å². The van der Waals surface area contributed by atoms with E-state index in [1.54, 1.807) is 20.0 Å².